The molecule has 0 amide bonds. The van der Waals surface area contributed by atoms with Gasteiger partial charge in [0.2, 0.25) is 5.75 Å². The number of nitrogens with zero attached hydrogens (tertiary/aromatic N) is 2. The highest BCUT2D eigenvalue weighted by Crippen LogP contribution is 2.35. The predicted octanol–water partition coefficient (Wildman–Crippen LogP) is 2.57. The van der Waals surface area contributed by atoms with Gasteiger partial charge in [0.05, 0.1) is 4.92 Å². The van der Waals surface area contributed by atoms with Crippen molar-refractivity contribution in [3.8, 4) is 11.5 Å². The van der Waals surface area contributed by atoms with Gasteiger partial charge in [-0.3, -0.25) is 10.1 Å². The number of rotatable bonds is 6. The summed E-state index contributed by atoms with van der Waals surface area (Å²) in [5.74, 6) is 0.446. The molecule has 8 heteroatoms. The maximum Gasteiger partial charge on any atom is 0.337 e. The van der Waals surface area contributed by atoms with Gasteiger partial charge in [-0.1, -0.05) is 0 Å². The Balaban J connectivity index is 2.51. The first kappa shape index (κ1) is 16.0. The molecule has 0 saturated carbocycles. The first-order valence-electron chi connectivity index (χ1n) is 6.62. The highest BCUT2D eigenvalue weighted by molar-refractivity contribution is 6.09. The Hall–Kier alpha value is -3.42. The van der Waals surface area contributed by atoms with Crippen molar-refractivity contribution in [2.45, 2.75) is 0 Å². The largest absolute Gasteiger partial charge is 0.450 e. The summed E-state index contributed by atoms with van der Waals surface area (Å²) in [5, 5.41) is 21.6. The molecule has 0 fully saturated rings. The van der Waals surface area contributed by atoms with Crippen molar-refractivity contribution in [3.63, 3.8) is 0 Å². The number of ether oxygens (including phenoxy) is 1. The number of aromatic nitrogens is 1. The van der Waals surface area contributed by atoms with Crippen LogP contribution in [0.5, 0.6) is 11.5 Å². The van der Waals surface area contributed by atoms with E-state index in [-0.39, 0.29) is 22.7 Å². The second kappa shape index (κ2) is 7.03. The third-order valence-electron chi connectivity index (χ3n) is 2.91. The van der Waals surface area contributed by atoms with E-state index in [1.165, 1.54) is 18.5 Å². The molecule has 4 N–H and O–H groups in total. The summed E-state index contributed by atoms with van der Waals surface area (Å²) in [4.78, 5) is 14.9. The summed E-state index contributed by atoms with van der Waals surface area (Å²) in [6.07, 6.45) is 3.83. The van der Waals surface area contributed by atoms with E-state index < -0.39 is 4.92 Å². The molecule has 2 rings (SSSR count). The van der Waals surface area contributed by atoms with E-state index in [1.807, 2.05) is 0 Å². The Morgan fingerprint density at radius 1 is 1.39 bits per heavy atom. The minimum absolute atomic E-state index is 0.0358. The van der Waals surface area contributed by atoms with Crippen LogP contribution in [-0.2, 0) is 0 Å². The zero-order valence-corrected chi connectivity index (χ0v) is 12.3. The molecule has 0 aliphatic carbocycles. The molecule has 0 unspecified atom stereocenters. The topological polar surface area (TPSA) is 127 Å². The Morgan fingerprint density at radius 2 is 2.09 bits per heavy atom. The van der Waals surface area contributed by atoms with Gasteiger partial charge < -0.3 is 21.2 Å². The Morgan fingerprint density at radius 3 is 2.65 bits per heavy atom. The van der Waals surface area contributed by atoms with Crippen LogP contribution >= 0.6 is 0 Å². The molecule has 8 nitrogen and oxygen atoms in total. The average Bonchev–Trinajstić information content (AvgIpc) is 2.54. The average molecular weight is 313 g/mol. The van der Waals surface area contributed by atoms with E-state index >= 15 is 0 Å². The van der Waals surface area contributed by atoms with E-state index in [9.17, 15) is 10.1 Å². The van der Waals surface area contributed by atoms with Crippen molar-refractivity contribution in [3.05, 3.63) is 58.5 Å². The SMILES string of the molecule is CN/C=C(\C=N)c1nccc(Oc2ccc(N)cc2)c1[N+](=O)[O-]. The summed E-state index contributed by atoms with van der Waals surface area (Å²) < 4.78 is 5.58. The summed E-state index contributed by atoms with van der Waals surface area (Å²) in [7, 11) is 1.63. The van der Waals surface area contributed by atoms with Gasteiger partial charge in [0.25, 0.3) is 0 Å². The second-order valence-corrected chi connectivity index (χ2v) is 4.47. The van der Waals surface area contributed by atoms with Crippen molar-refractivity contribution in [2.24, 2.45) is 0 Å². The zero-order chi connectivity index (χ0) is 16.8. The lowest BCUT2D eigenvalue weighted by Crippen LogP contribution is -2.04. The van der Waals surface area contributed by atoms with Crippen LogP contribution in [-0.4, -0.2) is 23.2 Å². The summed E-state index contributed by atoms with van der Waals surface area (Å²) >= 11 is 0. The molecule has 0 spiro atoms. The van der Waals surface area contributed by atoms with Crippen molar-refractivity contribution >= 4 is 23.2 Å². The van der Waals surface area contributed by atoms with Crippen LogP contribution in [0, 0.1) is 15.5 Å². The first-order chi connectivity index (χ1) is 11.1. The van der Waals surface area contributed by atoms with Gasteiger partial charge in [0, 0.05) is 43.0 Å². The standard InChI is InChI=1S/C15H15N5O3/c1-18-9-10(8-16)14-15(20(21)22)13(6-7-19-14)23-12-4-2-11(17)3-5-12/h2-9,16,18H,17H2,1H3/b10-9+,16-8?. The van der Waals surface area contributed by atoms with Gasteiger partial charge in [0.1, 0.15) is 5.75 Å². The van der Waals surface area contributed by atoms with Crippen LogP contribution in [0.3, 0.4) is 0 Å². The highest BCUT2D eigenvalue weighted by atomic mass is 16.6. The van der Waals surface area contributed by atoms with E-state index in [4.69, 9.17) is 15.9 Å². The molecule has 1 aromatic carbocycles. The Kier molecular flexibility index (Phi) is 4.88. The molecular weight excluding hydrogens is 298 g/mol. The van der Waals surface area contributed by atoms with Gasteiger partial charge in [0.15, 0.2) is 5.69 Å². The molecule has 0 saturated heterocycles. The van der Waals surface area contributed by atoms with E-state index in [2.05, 4.69) is 10.3 Å². The molecule has 0 aliphatic heterocycles. The van der Waals surface area contributed by atoms with Gasteiger partial charge in [-0.2, -0.15) is 0 Å². The minimum atomic E-state index is -0.581. The Bertz CT molecular complexity index is 756. The lowest BCUT2D eigenvalue weighted by atomic mass is 10.1. The number of hydrogen-bond donors (Lipinski definition) is 3. The number of nitrogen functional groups attached to an aromatic ring is 1. The van der Waals surface area contributed by atoms with E-state index in [1.54, 1.807) is 31.3 Å². The fourth-order valence-corrected chi connectivity index (χ4v) is 1.90. The van der Waals surface area contributed by atoms with E-state index in [0.717, 1.165) is 6.21 Å². The summed E-state index contributed by atoms with van der Waals surface area (Å²) in [6, 6.07) is 7.89. The quantitative estimate of drug-likeness (QED) is 0.325. The van der Waals surface area contributed by atoms with Crippen LogP contribution in [0.15, 0.2) is 42.7 Å². The number of allylic oxidation sites excluding steroid dienone is 1. The molecule has 1 heterocycles. The fraction of sp³-hybridized carbons (Fsp3) is 0.0667. The molecule has 0 bridgehead atoms. The molecule has 0 atom stereocenters. The van der Waals surface area contributed by atoms with Crippen molar-refractivity contribution < 1.29 is 9.66 Å². The van der Waals surface area contributed by atoms with Crippen molar-refractivity contribution in [1.29, 1.82) is 5.41 Å². The zero-order valence-electron chi connectivity index (χ0n) is 12.3. The number of anilines is 1. The fourth-order valence-electron chi connectivity index (χ4n) is 1.90. The van der Waals surface area contributed by atoms with Gasteiger partial charge >= 0.3 is 5.69 Å². The summed E-state index contributed by atoms with van der Waals surface area (Å²) in [6.45, 7) is 0. The first-order valence-corrected chi connectivity index (χ1v) is 6.62. The van der Waals surface area contributed by atoms with Gasteiger partial charge in [-0.05, 0) is 24.3 Å². The number of nitrogens with two attached hydrogens (primary N) is 1. The van der Waals surface area contributed by atoms with E-state index in [0.29, 0.717) is 11.4 Å². The van der Waals surface area contributed by atoms with Crippen LogP contribution < -0.4 is 15.8 Å². The van der Waals surface area contributed by atoms with Crippen molar-refractivity contribution in [2.75, 3.05) is 12.8 Å². The van der Waals surface area contributed by atoms with Crippen LogP contribution in [0.4, 0.5) is 11.4 Å². The number of nitrogens with one attached hydrogen (secondary N) is 2. The molecule has 23 heavy (non-hydrogen) atoms. The summed E-state index contributed by atoms with van der Waals surface area (Å²) in [5.41, 5.74) is 6.16. The number of hydrogen-bond acceptors (Lipinski definition) is 7. The molecule has 1 aromatic heterocycles. The van der Waals surface area contributed by atoms with Crippen LogP contribution in [0.1, 0.15) is 5.69 Å². The molecular formula is C15H15N5O3. The van der Waals surface area contributed by atoms with Crippen LogP contribution in [0.25, 0.3) is 5.57 Å². The van der Waals surface area contributed by atoms with Gasteiger partial charge in [-0.25, -0.2) is 4.98 Å². The number of pyridine rings is 1. The monoisotopic (exact) mass is 313 g/mol. The minimum Gasteiger partial charge on any atom is -0.450 e. The molecule has 2 aromatic rings. The Labute approximate surface area is 132 Å². The lowest BCUT2D eigenvalue weighted by Gasteiger charge is -2.09. The normalized spacial score (nSPS) is 10.9. The number of nitro groups is 1. The molecule has 0 radical (unpaired) electrons. The van der Waals surface area contributed by atoms with Gasteiger partial charge in [-0.15, -0.1) is 0 Å². The second-order valence-electron chi connectivity index (χ2n) is 4.47. The molecule has 0 aliphatic rings. The maximum absolute atomic E-state index is 11.5. The van der Waals surface area contributed by atoms with Crippen LogP contribution in [0.2, 0.25) is 0 Å². The third kappa shape index (κ3) is 3.62. The highest BCUT2D eigenvalue weighted by Gasteiger charge is 2.24. The maximum atomic E-state index is 11.5. The predicted molar refractivity (Wildman–Crippen MR) is 87.6 cm³/mol. The lowest BCUT2D eigenvalue weighted by molar-refractivity contribution is -0.386. The van der Waals surface area contributed by atoms with Crippen molar-refractivity contribution in [1.82, 2.24) is 10.3 Å². The smallest absolute Gasteiger partial charge is 0.337 e. The molecule has 118 valence electrons. The number of benzene rings is 1. The third-order valence-corrected chi connectivity index (χ3v) is 2.91.